The second-order valence-corrected chi connectivity index (χ2v) is 8.90. The van der Waals surface area contributed by atoms with Crippen LogP contribution >= 0.6 is 12.6 Å². The number of carboxylic acid groups (broad SMARTS) is 1. The van der Waals surface area contributed by atoms with Crippen LogP contribution in [0, 0.1) is 11.8 Å². The second-order valence-electron chi connectivity index (χ2n) is 8.54. The molecule has 8 N–H and O–H groups in total. The van der Waals surface area contributed by atoms with Crippen LogP contribution in [0.15, 0.2) is 0 Å². The maximum Gasteiger partial charge on any atom is 0.326 e. The average molecular weight is 476 g/mol. The number of nitrogens with two attached hydrogens (primary N) is 2. The fourth-order valence-corrected chi connectivity index (χ4v) is 3.28. The number of hydrogen-bond donors (Lipinski definition) is 7. The van der Waals surface area contributed by atoms with Crippen molar-refractivity contribution in [3.8, 4) is 0 Å². The normalized spacial score (nSPS) is 15.9. The lowest BCUT2D eigenvalue weighted by molar-refractivity contribution is -0.143. The molecule has 0 saturated carbocycles. The van der Waals surface area contributed by atoms with Crippen LogP contribution in [0.4, 0.5) is 0 Å². The molecule has 0 aliphatic carbocycles. The first-order valence-corrected chi connectivity index (χ1v) is 11.8. The van der Waals surface area contributed by atoms with Crippen molar-refractivity contribution in [2.75, 3.05) is 12.3 Å². The van der Waals surface area contributed by atoms with E-state index in [1.54, 1.807) is 6.92 Å². The van der Waals surface area contributed by atoms with Gasteiger partial charge in [0.05, 0.1) is 6.04 Å². The van der Waals surface area contributed by atoms with Gasteiger partial charge in [-0.15, -0.1) is 0 Å². The van der Waals surface area contributed by atoms with Crippen LogP contribution in [0.1, 0.15) is 59.8 Å². The minimum Gasteiger partial charge on any atom is -0.480 e. The Morgan fingerprint density at radius 3 is 2.00 bits per heavy atom. The Bertz CT molecular complexity index is 619. The standard InChI is InChI=1S/C21H41N5O5S/c1-5-13(4)17(20(29)24-15(21(30)31)10-12(2)3)26-19(28)16(11-32)25-18(27)14(23)8-6-7-9-22/h12-17,32H,5-11,22-23H2,1-4H3,(H,24,29)(H,25,27)(H,26,28)(H,30,31). The van der Waals surface area contributed by atoms with E-state index in [9.17, 15) is 24.3 Å². The van der Waals surface area contributed by atoms with Gasteiger partial charge < -0.3 is 32.5 Å². The lowest BCUT2D eigenvalue weighted by atomic mass is 9.96. The van der Waals surface area contributed by atoms with Gasteiger partial charge in [-0.2, -0.15) is 12.6 Å². The first-order chi connectivity index (χ1) is 15.0. The molecular formula is C21H41N5O5S. The molecule has 5 unspecified atom stereocenters. The molecule has 0 spiro atoms. The van der Waals surface area contributed by atoms with Gasteiger partial charge in [-0.1, -0.05) is 40.5 Å². The van der Waals surface area contributed by atoms with Gasteiger partial charge >= 0.3 is 5.97 Å². The Balaban J connectivity index is 5.22. The summed E-state index contributed by atoms with van der Waals surface area (Å²) >= 11 is 4.14. The third-order valence-electron chi connectivity index (χ3n) is 5.24. The van der Waals surface area contributed by atoms with Crippen molar-refractivity contribution in [1.82, 2.24) is 16.0 Å². The highest BCUT2D eigenvalue weighted by atomic mass is 32.1. The minimum atomic E-state index is -1.13. The van der Waals surface area contributed by atoms with Crippen molar-refractivity contribution in [3.63, 3.8) is 0 Å². The van der Waals surface area contributed by atoms with Crippen molar-refractivity contribution >= 4 is 36.3 Å². The molecule has 0 radical (unpaired) electrons. The number of aliphatic carboxylic acids is 1. The fourth-order valence-electron chi connectivity index (χ4n) is 3.02. The molecule has 5 atom stereocenters. The van der Waals surface area contributed by atoms with Crippen LogP contribution < -0.4 is 27.4 Å². The highest BCUT2D eigenvalue weighted by molar-refractivity contribution is 7.80. The van der Waals surface area contributed by atoms with Crippen molar-refractivity contribution in [3.05, 3.63) is 0 Å². The first-order valence-electron chi connectivity index (χ1n) is 11.2. The van der Waals surface area contributed by atoms with E-state index in [1.165, 1.54) is 0 Å². The molecule has 3 amide bonds. The monoisotopic (exact) mass is 475 g/mol. The molecule has 0 heterocycles. The Hall–Kier alpha value is -1.85. The maximum atomic E-state index is 12.8. The summed E-state index contributed by atoms with van der Waals surface area (Å²) in [5.74, 6) is -2.98. The van der Waals surface area contributed by atoms with Crippen molar-refractivity contribution < 1.29 is 24.3 Å². The molecule has 186 valence electrons. The predicted octanol–water partition coefficient (Wildman–Crippen LogP) is 0.00370. The topological polar surface area (TPSA) is 177 Å². The van der Waals surface area contributed by atoms with Gasteiger partial charge in [0, 0.05) is 5.75 Å². The van der Waals surface area contributed by atoms with E-state index >= 15 is 0 Å². The molecule has 0 bridgehead atoms. The Labute approximate surface area is 196 Å². The third-order valence-corrected chi connectivity index (χ3v) is 5.60. The number of hydrogen-bond acceptors (Lipinski definition) is 7. The average Bonchev–Trinajstić information content (AvgIpc) is 2.73. The van der Waals surface area contributed by atoms with Gasteiger partial charge in [-0.3, -0.25) is 14.4 Å². The van der Waals surface area contributed by atoms with Crippen molar-refractivity contribution in [2.45, 2.75) is 84.0 Å². The predicted molar refractivity (Wildman–Crippen MR) is 127 cm³/mol. The lowest BCUT2D eigenvalue weighted by Crippen LogP contribution is -2.59. The largest absolute Gasteiger partial charge is 0.480 e. The van der Waals surface area contributed by atoms with Gasteiger partial charge in [0.1, 0.15) is 18.1 Å². The van der Waals surface area contributed by atoms with E-state index < -0.39 is 47.9 Å². The van der Waals surface area contributed by atoms with Gasteiger partial charge in [0.2, 0.25) is 17.7 Å². The summed E-state index contributed by atoms with van der Waals surface area (Å²) in [6.07, 6.45) is 2.72. The zero-order valence-electron chi connectivity index (χ0n) is 19.6. The second kappa shape index (κ2) is 15.9. The summed E-state index contributed by atoms with van der Waals surface area (Å²) in [6, 6.07) is -3.79. The van der Waals surface area contributed by atoms with E-state index in [1.807, 2.05) is 20.8 Å². The lowest BCUT2D eigenvalue weighted by Gasteiger charge is -2.28. The number of carboxylic acids is 1. The quantitative estimate of drug-likeness (QED) is 0.121. The Kier molecular flexibility index (Phi) is 15.0. The number of unbranched alkanes of at least 4 members (excludes halogenated alkanes) is 1. The van der Waals surface area contributed by atoms with Gasteiger partial charge in [0.25, 0.3) is 0 Å². The molecule has 0 rings (SSSR count). The maximum absolute atomic E-state index is 12.8. The minimum absolute atomic E-state index is 0.00698. The van der Waals surface area contributed by atoms with E-state index in [4.69, 9.17) is 11.5 Å². The first kappa shape index (κ1) is 30.1. The molecule has 10 nitrogen and oxygen atoms in total. The van der Waals surface area contributed by atoms with Crippen molar-refractivity contribution in [2.24, 2.45) is 23.3 Å². The number of carbonyl (C=O) groups excluding carboxylic acids is 3. The zero-order valence-corrected chi connectivity index (χ0v) is 20.5. The van der Waals surface area contributed by atoms with Crippen LogP contribution in [-0.4, -0.2) is 65.3 Å². The van der Waals surface area contributed by atoms with E-state index in [-0.39, 0.29) is 24.0 Å². The highest BCUT2D eigenvalue weighted by Crippen LogP contribution is 2.11. The van der Waals surface area contributed by atoms with Crippen LogP contribution in [0.2, 0.25) is 0 Å². The van der Waals surface area contributed by atoms with Crippen LogP contribution in [0.3, 0.4) is 0 Å². The number of rotatable bonds is 16. The number of carbonyl (C=O) groups is 4. The highest BCUT2D eigenvalue weighted by Gasteiger charge is 2.32. The summed E-state index contributed by atoms with van der Waals surface area (Å²) < 4.78 is 0. The Morgan fingerprint density at radius 2 is 1.53 bits per heavy atom. The van der Waals surface area contributed by atoms with Crippen LogP contribution in [0.5, 0.6) is 0 Å². The molecule has 0 aliphatic rings. The molecule has 32 heavy (non-hydrogen) atoms. The SMILES string of the molecule is CCC(C)C(NC(=O)C(CS)NC(=O)C(N)CCCCN)C(=O)NC(CC(C)C)C(=O)O. The number of nitrogens with one attached hydrogen (secondary N) is 3. The Morgan fingerprint density at radius 1 is 0.938 bits per heavy atom. The van der Waals surface area contributed by atoms with Crippen molar-refractivity contribution in [1.29, 1.82) is 0 Å². The molecular weight excluding hydrogens is 434 g/mol. The van der Waals surface area contributed by atoms with E-state index in [0.29, 0.717) is 25.8 Å². The van der Waals surface area contributed by atoms with Gasteiger partial charge in [0.15, 0.2) is 0 Å². The van der Waals surface area contributed by atoms with Gasteiger partial charge in [-0.25, -0.2) is 4.79 Å². The van der Waals surface area contributed by atoms with Gasteiger partial charge in [-0.05, 0) is 37.6 Å². The molecule has 11 heteroatoms. The molecule has 0 aromatic rings. The molecule has 0 aliphatic heterocycles. The zero-order chi connectivity index (χ0) is 24.8. The summed E-state index contributed by atoms with van der Waals surface area (Å²) in [5.41, 5.74) is 11.3. The summed E-state index contributed by atoms with van der Waals surface area (Å²) in [7, 11) is 0. The number of thiol groups is 1. The number of amides is 3. The molecule has 0 aromatic heterocycles. The molecule has 0 fully saturated rings. The summed E-state index contributed by atoms with van der Waals surface area (Å²) in [6.45, 7) is 7.87. The molecule has 0 aromatic carbocycles. The van der Waals surface area contributed by atoms with E-state index in [2.05, 4.69) is 28.6 Å². The van der Waals surface area contributed by atoms with Crippen LogP contribution in [-0.2, 0) is 19.2 Å². The van der Waals surface area contributed by atoms with E-state index in [0.717, 1.165) is 6.42 Å². The third kappa shape index (κ3) is 11.1. The summed E-state index contributed by atoms with van der Waals surface area (Å²) in [5, 5.41) is 17.1. The van der Waals surface area contributed by atoms with Crippen LogP contribution in [0.25, 0.3) is 0 Å². The molecule has 0 saturated heterocycles. The smallest absolute Gasteiger partial charge is 0.326 e. The summed E-state index contributed by atoms with van der Waals surface area (Å²) in [4.78, 5) is 49.5. The fraction of sp³-hybridized carbons (Fsp3) is 0.810.